The molecular weight excluding hydrogens is 1980 g/mol. The molecule has 15 rings (SSSR count). The van der Waals surface area contributed by atoms with Crippen molar-refractivity contribution in [2.24, 2.45) is 5.92 Å². The van der Waals surface area contributed by atoms with Crippen LogP contribution >= 0.6 is 0 Å². The van der Waals surface area contributed by atoms with E-state index in [2.05, 4.69) is 193 Å². The number of hydrogen-bond acceptors (Lipinski definition) is 22. The Kier molecular flexibility index (Phi) is 39.3. The fraction of sp³-hybridized carbons (Fsp3) is 0.455. The first-order chi connectivity index (χ1) is 70.9. The molecule has 7 aromatic carbocycles. The maximum Gasteiger partial charge on any atom is 0.316 e. The molecule has 0 aliphatic rings. The predicted molar refractivity (Wildman–Crippen MR) is 593 cm³/mol. The standard InChI is InChI=1S/C50H74N6O6S2.C21H21N5O3.C20H29N5O2S.C19H26N6O3S/c1-12-14-16-18-20-22-28-59-41-26-24-37(48(3,4)5)32-43(41)61-63(57)54-39-30-36(47-51-46-35-45(50(9,10)11)52-56(46)53-47)31-40(34-39)55-64(58)62-44-33-38(49(6,7)8)25-27-42(44)60-29-23-21-19-17-15-13-2;1-14-6-5-7-15(12-14)21(27)22-11-10-18-23-24-19-13-20(25-26(18)19)29-17-9-4-3-8-16(17)28-2;1-12(2)18(24-28(26)27-15-10-13(3)8-9-14(15)4)19-22-21-17-11-16(20(5,6)7)23-25(17)19;1-12(17-22-21-16-11-15(19(2,3)4)23-25(16)17)20-18(26)13-7-9-14(10-8-13)29(27,28)24(5)6/h24-27,30-35,52,54-55H,12-23,28-29H2,1-11H3;3-9,12-13,25H,10-11H2,1-2H3,(H,22,27);8-12,18,23-24H,1-7H3;7-12,23H,1-6H3,(H,20,26). The first-order valence-corrected chi connectivity index (χ1v) is 55.8. The molecule has 36 nitrogen and oxygen atoms in total. The number of methoxy groups -OCH3 is 1. The Hall–Kier alpha value is -13.3. The third kappa shape index (κ3) is 31.7. The molecule has 2 amide bonds. The summed E-state index contributed by atoms with van der Waals surface area (Å²) >= 11 is -5.87. The van der Waals surface area contributed by atoms with Crippen LogP contribution < -0.4 is 56.3 Å². The second-order valence-corrected chi connectivity index (χ2v) is 47.9. The summed E-state index contributed by atoms with van der Waals surface area (Å²) in [6, 6.07) is 50.4. The number of anilines is 2. The quantitative estimate of drug-likeness (QED) is 0.0160. The van der Waals surface area contributed by atoms with Crippen LogP contribution in [0.5, 0.6) is 46.1 Å². The lowest BCUT2D eigenvalue weighted by Gasteiger charge is -2.21. The van der Waals surface area contributed by atoms with Crippen molar-refractivity contribution in [1.29, 1.82) is 0 Å². The van der Waals surface area contributed by atoms with Crippen molar-refractivity contribution in [2.45, 2.75) is 287 Å². The molecule has 0 bridgehead atoms. The summed E-state index contributed by atoms with van der Waals surface area (Å²) in [5.41, 5.74) is 12.6. The van der Waals surface area contributed by atoms with Crippen molar-refractivity contribution in [3.05, 3.63) is 243 Å². The number of para-hydroxylation sites is 2. The van der Waals surface area contributed by atoms with Gasteiger partial charge in [-0.15, -0.1) is 35.7 Å². The zero-order valence-corrected chi connectivity index (χ0v) is 94.6. The second kappa shape index (κ2) is 51.0. The summed E-state index contributed by atoms with van der Waals surface area (Å²) < 4.78 is 123. The molecule has 9 N–H and O–H groups in total. The van der Waals surface area contributed by atoms with Gasteiger partial charge >= 0.3 is 22.5 Å². The minimum absolute atomic E-state index is 0.0344. The molecular formula is C110H150N22O14S4. The lowest BCUT2D eigenvalue weighted by molar-refractivity contribution is 0.0934. The number of benzene rings is 7. The minimum Gasteiger partial charge on any atom is -0.493 e. The molecule has 0 aliphatic heterocycles. The number of H-pyrrole nitrogens is 4. The highest BCUT2D eigenvalue weighted by atomic mass is 32.2. The van der Waals surface area contributed by atoms with Crippen LogP contribution in [0.1, 0.15) is 311 Å². The number of carbonyl (C=O) groups is 2. The number of rotatable bonds is 43. The summed E-state index contributed by atoms with van der Waals surface area (Å²) in [4.78, 5) is 29.8. The number of ether oxygens (including phenoxy) is 4. The van der Waals surface area contributed by atoms with E-state index in [-0.39, 0.29) is 55.7 Å². The number of sulfonamides is 1. The Balaban J connectivity index is 0.000000193. The van der Waals surface area contributed by atoms with Crippen LogP contribution in [0.3, 0.4) is 0 Å². The Morgan fingerprint density at radius 1 is 0.460 bits per heavy atom. The van der Waals surface area contributed by atoms with E-state index >= 15 is 0 Å². The highest BCUT2D eigenvalue weighted by Gasteiger charge is 2.31. The predicted octanol–water partition coefficient (Wildman–Crippen LogP) is 22.4. The van der Waals surface area contributed by atoms with Gasteiger partial charge in [-0.2, -0.15) is 22.0 Å². The summed E-state index contributed by atoms with van der Waals surface area (Å²) in [7, 11) is 0.980. The van der Waals surface area contributed by atoms with Crippen LogP contribution in [0.25, 0.3) is 34.0 Å². The average Bonchev–Trinajstić information content (AvgIpc) is 1.62. The molecule has 0 radical (unpaired) electrons. The Morgan fingerprint density at radius 3 is 1.49 bits per heavy atom. The number of amides is 2. The van der Waals surface area contributed by atoms with E-state index in [4.69, 9.17) is 41.6 Å². The molecule has 0 saturated carbocycles. The van der Waals surface area contributed by atoms with E-state index in [9.17, 15) is 30.6 Å². The van der Waals surface area contributed by atoms with Crippen LogP contribution in [0.15, 0.2) is 175 Å². The normalized spacial score (nSPS) is 13.1. The van der Waals surface area contributed by atoms with E-state index in [0.29, 0.717) is 141 Å². The Morgan fingerprint density at radius 2 is 0.967 bits per heavy atom. The van der Waals surface area contributed by atoms with Gasteiger partial charge < -0.3 is 42.1 Å². The van der Waals surface area contributed by atoms with Crippen molar-refractivity contribution in [1.82, 2.24) is 98.9 Å². The number of unbranched alkanes of at least 4 members (excludes halogenated alkanes) is 10. The van der Waals surface area contributed by atoms with E-state index < -0.39 is 49.9 Å². The van der Waals surface area contributed by atoms with Crippen molar-refractivity contribution < 1.29 is 62.1 Å². The molecule has 40 heteroatoms. The van der Waals surface area contributed by atoms with Crippen molar-refractivity contribution >= 4 is 89.6 Å². The van der Waals surface area contributed by atoms with E-state index in [0.717, 1.165) is 80.5 Å². The van der Waals surface area contributed by atoms with Crippen LogP contribution in [-0.2, 0) is 77.3 Å². The first-order valence-electron chi connectivity index (χ1n) is 51.1. The van der Waals surface area contributed by atoms with Crippen LogP contribution in [0.2, 0.25) is 0 Å². The number of nitrogens with zero attached hydrogens (tertiary/aromatic N) is 13. The van der Waals surface area contributed by atoms with Gasteiger partial charge in [-0.3, -0.25) is 39.4 Å². The van der Waals surface area contributed by atoms with Crippen LogP contribution in [-0.4, -0.2) is 157 Å². The van der Waals surface area contributed by atoms with Gasteiger partial charge in [-0.05, 0) is 177 Å². The van der Waals surface area contributed by atoms with Gasteiger partial charge in [0.1, 0.15) is 5.75 Å². The third-order valence-corrected chi connectivity index (χ3v) is 28.9. The second-order valence-electron chi connectivity index (χ2n) is 43.2. The van der Waals surface area contributed by atoms with Gasteiger partial charge in [0.25, 0.3) is 23.1 Å². The van der Waals surface area contributed by atoms with Crippen molar-refractivity contribution in [2.75, 3.05) is 50.4 Å². The zero-order chi connectivity index (χ0) is 109. The fourth-order valence-electron chi connectivity index (χ4n) is 15.7. The molecule has 8 heterocycles. The highest BCUT2D eigenvalue weighted by molar-refractivity contribution is 7.89. The SMILES string of the molecule is CC(NC(=O)c1ccc(S(=O)(=O)N(C)C)cc1)c1nnc2cc(C(C)(C)C)[nH]n12.CCCCCCCCOc1ccc(C(C)(C)C)cc1OS(=O)Nc1cc(NS(=O)Oc2cc(C(C)(C)C)ccc2OCCCCCCCC)cc(-c2nc3cc(C(C)(C)C)[nH]n3n2)c1.COc1ccccc1Oc1cc2nnc(CCNC(=O)c3cccc(C)c3)n2[nH]1.Cc1ccc(C)c(OS(=O)NC(c2nnc3cc(C(C)(C)C)[nH]n23)C(C)C)c1. The number of hydrogen-bond donors (Lipinski definition) is 9. The van der Waals surface area contributed by atoms with Gasteiger partial charge in [0, 0.05) is 101 Å². The largest absolute Gasteiger partial charge is 0.493 e. The molecule has 8 aromatic heterocycles. The fourth-order valence-corrected chi connectivity index (χ4v) is 18.9. The molecule has 5 atom stereocenters. The summed E-state index contributed by atoms with van der Waals surface area (Å²) in [5, 5.41) is 48.9. The van der Waals surface area contributed by atoms with Gasteiger partial charge in [-0.25, -0.2) is 31.3 Å². The topological polar surface area (TPSA) is 431 Å². The maximum atomic E-state index is 13.9. The minimum atomic E-state index is -3.54. The van der Waals surface area contributed by atoms with E-state index in [1.807, 2.05) is 161 Å². The third-order valence-electron chi connectivity index (χ3n) is 24.8. The van der Waals surface area contributed by atoms with E-state index in [1.165, 1.54) is 89.7 Å². The molecule has 808 valence electrons. The molecule has 0 aliphatic carbocycles. The van der Waals surface area contributed by atoms with Crippen LogP contribution in [0, 0.1) is 26.7 Å². The molecule has 0 saturated heterocycles. The van der Waals surface area contributed by atoms with Crippen LogP contribution in [0.4, 0.5) is 11.4 Å². The molecule has 15 aromatic rings. The molecule has 5 unspecified atom stereocenters. The average molecular weight is 2130 g/mol. The van der Waals surface area contributed by atoms with Gasteiger partial charge in [0.15, 0.2) is 80.4 Å². The number of nitrogens with one attached hydrogen (secondary N) is 9. The number of aromatic nitrogens is 16. The molecule has 0 fully saturated rings. The smallest absolute Gasteiger partial charge is 0.316 e. The van der Waals surface area contributed by atoms with Gasteiger partial charge in [0.05, 0.1) is 48.7 Å². The summed E-state index contributed by atoms with van der Waals surface area (Å²) in [6.07, 6.45) is 14.2. The van der Waals surface area contributed by atoms with Gasteiger partial charge in [0.2, 0.25) is 15.9 Å². The Labute approximate surface area is 888 Å². The first kappa shape index (κ1) is 115. The van der Waals surface area contributed by atoms with Crippen molar-refractivity contribution in [3.63, 3.8) is 0 Å². The number of carbonyl (C=O) groups excluding carboxylic acids is 2. The summed E-state index contributed by atoms with van der Waals surface area (Å²) in [6.45, 7) is 49.4. The number of fused-ring (bicyclic) bond motifs is 4. The summed E-state index contributed by atoms with van der Waals surface area (Å²) in [5.74, 6) is 6.20. The lowest BCUT2D eigenvalue weighted by Crippen LogP contribution is -2.32. The molecule has 150 heavy (non-hydrogen) atoms. The number of aromatic amines is 4. The van der Waals surface area contributed by atoms with Gasteiger partial charge in [-0.1, -0.05) is 250 Å². The lowest BCUT2D eigenvalue weighted by atomic mass is 9.87. The number of aryl methyl sites for hydroxylation is 3. The Bertz CT molecular complexity index is 7090. The maximum absolute atomic E-state index is 13.9. The highest BCUT2D eigenvalue weighted by Crippen LogP contribution is 2.40. The monoisotopic (exact) mass is 2130 g/mol. The molecule has 0 spiro atoms. The van der Waals surface area contributed by atoms with Crippen molar-refractivity contribution in [3.8, 4) is 57.5 Å². The zero-order valence-electron chi connectivity index (χ0n) is 91.4. The van der Waals surface area contributed by atoms with E-state index in [1.54, 1.807) is 51.1 Å².